The van der Waals surface area contributed by atoms with Gasteiger partial charge >= 0.3 is 5.97 Å². The minimum atomic E-state index is -1.09. The molecular formula is C19H20FNO4. The van der Waals surface area contributed by atoms with Gasteiger partial charge in [-0.15, -0.1) is 0 Å². The molecule has 1 amide bonds. The van der Waals surface area contributed by atoms with Gasteiger partial charge in [-0.3, -0.25) is 9.59 Å². The van der Waals surface area contributed by atoms with Crippen molar-refractivity contribution in [2.45, 2.75) is 19.8 Å². The number of benzene rings is 2. The van der Waals surface area contributed by atoms with Gasteiger partial charge in [0, 0.05) is 12.1 Å². The molecule has 0 saturated carbocycles. The van der Waals surface area contributed by atoms with Crippen LogP contribution in [0.3, 0.4) is 0 Å². The zero-order valence-electron chi connectivity index (χ0n) is 14.3. The number of aryl methyl sites for hydroxylation is 2. The first kappa shape index (κ1) is 18.4. The molecule has 5 nitrogen and oxygen atoms in total. The summed E-state index contributed by atoms with van der Waals surface area (Å²) in [5.41, 5.74) is 2.50. The van der Waals surface area contributed by atoms with Crippen LogP contribution in [0.25, 0.3) is 0 Å². The highest BCUT2D eigenvalue weighted by Gasteiger charge is 2.21. The molecule has 25 heavy (non-hydrogen) atoms. The number of hydrogen-bond donors (Lipinski definition) is 2. The van der Waals surface area contributed by atoms with E-state index in [1.807, 2.05) is 13.8 Å². The molecule has 1 atom stereocenters. The topological polar surface area (TPSA) is 75.6 Å². The molecular weight excluding hydrogens is 325 g/mol. The maximum Gasteiger partial charge on any atom is 0.312 e. The van der Waals surface area contributed by atoms with E-state index < -0.39 is 17.7 Å². The summed E-state index contributed by atoms with van der Waals surface area (Å²) in [4.78, 5) is 23.8. The predicted octanol–water partition coefficient (Wildman–Crippen LogP) is 3.05. The molecule has 2 rings (SSSR count). The molecule has 2 aromatic carbocycles. The van der Waals surface area contributed by atoms with E-state index in [9.17, 15) is 19.1 Å². The number of carbonyl (C=O) groups is 2. The SMILES string of the molecule is COc1c(C)cc(C(=O)NCC(C(=O)O)c2ccc(F)cc2)cc1C. The van der Waals surface area contributed by atoms with Crippen LogP contribution in [0.4, 0.5) is 4.39 Å². The lowest BCUT2D eigenvalue weighted by atomic mass is 9.99. The Hall–Kier alpha value is -2.89. The third-order valence-corrected chi connectivity index (χ3v) is 3.96. The number of rotatable bonds is 6. The van der Waals surface area contributed by atoms with Gasteiger partial charge in [-0.2, -0.15) is 0 Å². The lowest BCUT2D eigenvalue weighted by Crippen LogP contribution is -2.31. The molecule has 132 valence electrons. The van der Waals surface area contributed by atoms with Crippen LogP contribution in [-0.2, 0) is 4.79 Å². The smallest absolute Gasteiger partial charge is 0.312 e. The fraction of sp³-hybridized carbons (Fsp3) is 0.263. The van der Waals surface area contributed by atoms with E-state index >= 15 is 0 Å². The molecule has 0 radical (unpaired) electrons. The second-order valence-electron chi connectivity index (χ2n) is 5.80. The van der Waals surface area contributed by atoms with Gasteiger partial charge in [-0.25, -0.2) is 4.39 Å². The first-order valence-corrected chi connectivity index (χ1v) is 7.75. The van der Waals surface area contributed by atoms with E-state index in [1.165, 1.54) is 24.3 Å². The number of amides is 1. The van der Waals surface area contributed by atoms with Gasteiger partial charge in [0.25, 0.3) is 5.91 Å². The monoisotopic (exact) mass is 345 g/mol. The minimum Gasteiger partial charge on any atom is -0.496 e. The van der Waals surface area contributed by atoms with E-state index in [0.717, 1.165) is 11.1 Å². The Labute approximate surface area is 145 Å². The lowest BCUT2D eigenvalue weighted by molar-refractivity contribution is -0.138. The van der Waals surface area contributed by atoms with E-state index in [4.69, 9.17) is 4.74 Å². The van der Waals surface area contributed by atoms with Gasteiger partial charge in [0.15, 0.2) is 0 Å². The first-order chi connectivity index (χ1) is 11.8. The summed E-state index contributed by atoms with van der Waals surface area (Å²) in [7, 11) is 1.56. The summed E-state index contributed by atoms with van der Waals surface area (Å²) in [5, 5.41) is 12.0. The van der Waals surface area contributed by atoms with Crippen LogP contribution in [0.2, 0.25) is 0 Å². The Balaban J connectivity index is 2.14. The number of carboxylic acids is 1. The maximum atomic E-state index is 13.0. The summed E-state index contributed by atoms with van der Waals surface area (Å²) in [5.74, 6) is -2.14. The summed E-state index contributed by atoms with van der Waals surface area (Å²) in [6.07, 6.45) is 0. The summed E-state index contributed by atoms with van der Waals surface area (Å²) >= 11 is 0. The average Bonchev–Trinajstić information content (AvgIpc) is 2.55. The number of nitrogens with one attached hydrogen (secondary N) is 1. The quantitative estimate of drug-likeness (QED) is 0.844. The predicted molar refractivity (Wildman–Crippen MR) is 91.6 cm³/mol. The van der Waals surface area contributed by atoms with Crippen LogP contribution in [0, 0.1) is 19.7 Å². The third kappa shape index (κ3) is 4.35. The highest BCUT2D eigenvalue weighted by atomic mass is 19.1. The molecule has 0 saturated heterocycles. The minimum absolute atomic E-state index is 0.0933. The summed E-state index contributed by atoms with van der Waals surface area (Å²) in [6, 6.07) is 8.58. The van der Waals surface area contributed by atoms with Crippen molar-refractivity contribution in [1.29, 1.82) is 0 Å². The van der Waals surface area contributed by atoms with Gasteiger partial charge in [0.2, 0.25) is 0 Å². The molecule has 6 heteroatoms. The number of carbonyl (C=O) groups excluding carboxylic acids is 1. The molecule has 0 aromatic heterocycles. The molecule has 0 fully saturated rings. The van der Waals surface area contributed by atoms with Crippen LogP contribution >= 0.6 is 0 Å². The van der Waals surface area contributed by atoms with Gasteiger partial charge in [-0.1, -0.05) is 12.1 Å². The summed E-state index contributed by atoms with van der Waals surface area (Å²) in [6.45, 7) is 3.58. The van der Waals surface area contributed by atoms with Crippen molar-refractivity contribution in [2.75, 3.05) is 13.7 Å². The third-order valence-electron chi connectivity index (χ3n) is 3.96. The Morgan fingerprint density at radius 3 is 2.20 bits per heavy atom. The highest BCUT2D eigenvalue weighted by Crippen LogP contribution is 2.24. The Morgan fingerprint density at radius 1 is 1.16 bits per heavy atom. The van der Waals surface area contributed by atoms with Crippen molar-refractivity contribution in [2.24, 2.45) is 0 Å². The maximum absolute atomic E-state index is 13.0. The van der Waals surface area contributed by atoms with Crippen molar-refractivity contribution in [3.63, 3.8) is 0 Å². The van der Waals surface area contributed by atoms with Crippen LogP contribution in [0.1, 0.15) is 33.0 Å². The molecule has 0 aliphatic carbocycles. The Morgan fingerprint density at radius 2 is 1.72 bits per heavy atom. The van der Waals surface area contributed by atoms with E-state index in [0.29, 0.717) is 16.9 Å². The lowest BCUT2D eigenvalue weighted by Gasteiger charge is -2.15. The molecule has 0 spiro atoms. The molecule has 1 unspecified atom stereocenters. The molecule has 0 heterocycles. The first-order valence-electron chi connectivity index (χ1n) is 7.75. The fourth-order valence-corrected chi connectivity index (χ4v) is 2.74. The molecule has 0 aliphatic heterocycles. The van der Waals surface area contributed by atoms with Gasteiger partial charge < -0.3 is 15.2 Å². The van der Waals surface area contributed by atoms with Crippen LogP contribution < -0.4 is 10.1 Å². The molecule has 2 N–H and O–H groups in total. The zero-order chi connectivity index (χ0) is 18.6. The van der Waals surface area contributed by atoms with Crippen LogP contribution in [0.5, 0.6) is 5.75 Å². The van der Waals surface area contributed by atoms with Gasteiger partial charge in [-0.05, 0) is 54.8 Å². The number of hydrogen-bond acceptors (Lipinski definition) is 3. The fourth-order valence-electron chi connectivity index (χ4n) is 2.74. The standard InChI is InChI=1S/C19H20FNO4/c1-11-8-14(9-12(2)17(11)25-3)18(22)21-10-16(19(23)24)13-4-6-15(20)7-5-13/h4-9,16H,10H2,1-3H3,(H,21,22)(H,23,24). The van der Waals surface area contributed by atoms with Crippen molar-refractivity contribution < 1.29 is 23.8 Å². The molecule has 2 aromatic rings. The summed E-state index contributed by atoms with van der Waals surface area (Å²) < 4.78 is 18.3. The number of ether oxygens (including phenoxy) is 1. The normalized spacial score (nSPS) is 11.7. The average molecular weight is 345 g/mol. The molecule has 0 aliphatic rings. The second-order valence-corrected chi connectivity index (χ2v) is 5.80. The van der Waals surface area contributed by atoms with Crippen LogP contribution in [-0.4, -0.2) is 30.6 Å². The largest absolute Gasteiger partial charge is 0.496 e. The Kier molecular flexibility index (Phi) is 5.75. The highest BCUT2D eigenvalue weighted by molar-refractivity contribution is 5.95. The van der Waals surface area contributed by atoms with Crippen molar-refractivity contribution >= 4 is 11.9 Å². The number of aliphatic carboxylic acids is 1. The van der Waals surface area contributed by atoms with Crippen LogP contribution in [0.15, 0.2) is 36.4 Å². The Bertz CT molecular complexity index is 764. The molecule has 0 bridgehead atoms. The van der Waals surface area contributed by atoms with E-state index in [1.54, 1.807) is 19.2 Å². The number of halogens is 1. The van der Waals surface area contributed by atoms with Gasteiger partial charge in [0.1, 0.15) is 11.6 Å². The van der Waals surface area contributed by atoms with E-state index in [2.05, 4.69) is 5.32 Å². The number of methoxy groups -OCH3 is 1. The van der Waals surface area contributed by atoms with Crippen molar-refractivity contribution in [1.82, 2.24) is 5.32 Å². The zero-order valence-corrected chi connectivity index (χ0v) is 14.3. The van der Waals surface area contributed by atoms with Gasteiger partial charge in [0.05, 0.1) is 13.0 Å². The second kappa shape index (κ2) is 7.79. The van der Waals surface area contributed by atoms with E-state index in [-0.39, 0.29) is 12.5 Å². The van der Waals surface area contributed by atoms with Crippen molar-refractivity contribution in [3.05, 3.63) is 64.5 Å². The van der Waals surface area contributed by atoms with Crippen molar-refractivity contribution in [3.8, 4) is 5.75 Å². The number of carboxylic acid groups (broad SMARTS) is 1.